The van der Waals surface area contributed by atoms with Gasteiger partial charge in [0.2, 0.25) is 5.89 Å². The molecule has 0 amide bonds. The fraction of sp³-hybridized carbons (Fsp3) is 0.818. The highest BCUT2D eigenvalue weighted by Gasteiger charge is 2.16. The number of aromatic nitrogens is 2. The Morgan fingerprint density at radius 2 is 2.31 bits per heavy atom. The first-order valence-corrected chi connectivity index (χ1v) is 6.99. The molecule has 0 radical (unpaired) electrons. The molecule has 1 aromatic rings. The van der Waals surface area contributed by atoms with Crippen molar-refractivity contribution in [3.05, 3.63) is 11.7 Å². The summed E-state index contributed by atoms with van der Waals surface area (Å²) < 4.78 is 5.20. The van der Waals surface area contributed by atoms with Gasteiger partial charge in [-0.2, -0.15) is 16.7 Å². The molecule has 1 aliphatic rings. The van der Waals surface area contributed by atoms with Gasteiger partial charge in [0, 0.05) is 6.42 Å². The van der Waals surface area contributed by atoms with E-state index in [1.54, 1.807) is 0 Å². The number of nitrogens with zero attached hydrogens (tertiary/aromatic N) is 2. The second-order valence-corrected chi connectivity index (χ2v) is 5.77. The molecule has 0 unspecified atom stereocenters. The van der Waals surface area contributed by atoms with Crippen LogP contribution in [-0.4, -0.2) is 29.0 Å². The molecule has 1 aliphatic heterocycles. The van der Waals surface area contributed by atoms with Gasteiger partial charge in [-0.1, -0.05) is 19.0 Å². The Kier molecular flexibility index (Phi) is 4.23. The highest BCUT2D eigenvalue weighted by Crippen LogP contribution is 2.17. The van der Waals surface area contributed by atoms with Gasteiger partial charge in [0.25, 0.3) is 0 Å². The first-order valence-electron chi connectivity index (χ1n) is 5.84. The summed E-state index contributed by atoms with van der Waals surface area (Å²) in [6.45, 7) is 6.65. The third-order valence-corrected chi connectivity index (χ3v) is 3.70. The molecule has 1 saturated heterocycles. The van der Waals surface area contributed by atoms with Crippen LogP contribution in [0.2, 0.25) is 0 Å². The van der Waals surface area contributed by atoms with Crippen LogP contribution in [0.15, 0.2) is 4.52 Å². The quantitative estimate of drug-likeness (QED) is 0.822. The van der Waals surface area contributed by atoms with E-state index in [2.05, 4.69) is 29.3 Å². The van der Waals surface area contributed by atoms with Crippen molar-refractivity contribution >= 4 is 11.8 Å². The molecule has 0 saturated carbocycles. The largest absolute Gasteiger partial charge is 0.338 e. The monoisotopic (exact) mass is 241 g/mol. The molecule has 1 fully saturated rings. The lowest BCUT2D eigenvalue weighted by atomic mass is 10.1. The summed E-state index contributed by atoms with van der Waals surface area (Å²) in [7, 11) is 0. The average molecular weight is 241 g/mol. The molecule has 0 aromatic carbocycles. The summed E-state index contributed by atoms with van der Waals surface area (Å²) >= 11 is 1.89. The van der Waals surface area contributed by atoms with Crippen molar-refractivity contribution in [2.45, 2.75) is 26.0 Å². The van der Waals surface area contributed by atoms with Crippen LogP contribution in [0.1, 0.15) is 25.6 Å². The molecule has 1 N–H and O–H groups in total. The normalized spacial score (nSPS) is 16.7. The Bertz CT molecular complexity index is 323. The SMILES string of the molecule is CC(C)Cc1noc(CSCC2CNC2)n1. The van der Waals surface area contributed by atoms with E-state index >= 15 is 0 Å². The first kappa shape index (κ1) is 11.9. The van der Waals surface area contributed by atoms with Gasteiger partial charge in [0.05, 0.1) is 5.75 Å². The molecule has 5 heteroatoms. The van der Waals surface area contributed by atoms with Crippen molar-refractivity contribution in [2.75, 3.05) is 18.8 Å². The Morgan fingerprint density at radius 3 is 2.94 bits per heavy atom. The molecule has 0 bridgehead atoms. The first-order chi connectivity index (χ1) is 7.74. The maximum absolute atomic E-state index is 5.20. The number of thioether (sulfide) groups is 1. The van der Waals surface area contributed by atoms with E-state index in [1.165, 1.54) is 5.75 Å². The van der Waals surface area contributed by atoms with Crippen LogP contribution in [0.3, 0.4) is 0 Å². The number of nitrogens with one attached hydrogen (secondary N) is 1. The van der Waals surface area contributed by atoms with Crippen molar-refractivity contribution < 1.29 is 4.52 Å². The molecular formula is C11H19N3OS. The lowest BCUT2D eigenvalue weighted by molar-refractivity contribution is 0.378. The van der Waals surface area contributed by atoms with Gasteiger partial charge < -0.3 is 9.84 Å². The molecule has 16 heavy (non-hydrogen) atoms. The van der Waals surface area contributed by atoms with Crippen LogP contribution in [0, 0.1) is 11.8 Å². The third kappa shape index (κ3) is 3.49. The average Bonchev–Trinajstić information content (AvgIpc) is 2.56. The highest BCUT2D eigenvalue weighted by molar-refractivity contribution is 7.98. The minimum absolute atomic E-state index is 0.583. The van der Waals surface area contributed by atoms with E-state index < -0.39 is 0 Å². The molecule has 90 valence electrons. The van der Waals surface area contributed by atoms with Crippen LogP contribution in [0.4, 0.5) is 0 Å². The zero-order valence-corrected chi connectivity index (χ0v) is 10.7. The topological polar surface area (TPSA) is 51.0 Å². The molecule has 0 aliphatic carbocycles. The minimum atomic E-state index is 0.583. The number of hydrogen-bond donors (Lipinski definition) is 1. The lowest BCUT2D eigenvalue weighted by Gasteiger charge is -2.26. The summed E-state index contributed by atoms with van der Waals surface area (Å²) in [6.07, 6.45) is 0.903. The number of hydrogen-bond acceptors (Lipinski definition) is 5. The van der Waals surface area contributed by atoms with Crippen LogP contribution >= 0.6 is 11.8 Å². The fourth-order valence-electron chi connectivity index (χ4n) is 1.58. The van der Waals surface area contributed by atoms with Gasteiger partial charge in [-0.25, -0.2) is 0 Å². The molecule has 0 atom stereocenters. The smallest absolute Gasteiger partial charge is 0.236 e. The predicted octanol–water partition coefficient (Wildman–Crippen LogP) is 1.72. The van der Waals surface area contributed by atoms with Crippen LogP contribution in [0.25, 0.3) is 0 Å². The van der Waals surface area contributed by atoms with Gasteiger partial charge in [-0.3, -0.25) is 0 Å². The Labute approximate surface area is 101 Å². The zero-order valence-electron chi connectivity index (χ0n) is 9.90. The maximum atomic E-state index is 5.20. The highest BCUT2D eigenvalue weighted by atomic mass is 32.2. The van der Waals surface area contributed by atoms with Gasteiger partial charge in [-0.05, 0) is 30.7 Å². The van der Waals surface area contributed by atoms with E-state index in [1.807, 2.05) is 11.8 Å². The van der Waals surface area contributed by atoms with E-state index in [-0.39, 0.29) is 0 Å². The molecule has 2 rings (SSSR count). The van der Waals surface area contributed by atoms with Crippen LogP contribution < -0.4 is 5.32 Å². The minimum Gasteiger partial charge on any atom is -0.338 e. The molecule has 2 heterocycles. The Balaban J connectivity index is 1.69. The molecular weight excluding hydrogens is 222 g/mol. The van der Waals surface area contributed by atoms with Crippen molar-refractivity contribution in [2.24, 2.45) is 11.8 Å². The molecule has 0 spiro atoms. The second-order valence-electron chi connectivity index (χ2n) is 4.74. The van der Waals surface area contributed by atoms with E-state index in [4.69, 9.17) is 4.52 Å². The summed E-state index contributed by atoms with van der Waals surface area (Å²) in [5, 5.41) is 7.25. The molecule has 4 nitrogen and oxygen atoms in total. The maximum Gasteiger partial charge on any atom is 0.236 e. The van der Waals surface area contributed by atoms with Gasteiger partial charge in [0.15, 0.2) is 5.82 Å². The van der Waals surface area contributed by atoms with Crippen molar-refractivity contribution in [3.63, 3.8) is 0 Å². The van der Waals surface area contributed by atoms with Crippen LogP contribution in [0.5, 0.6) is 0 Å². The van der Waals surface area contributed by atoms with Crippen LogP contribution in [-0.2, 0) is 12.2 Å². The van der Waals surface area contributed by atoms with Gasteiger partial charge in [-0.15, -0.1) is 0 Å². The van der Waals surface area contributed by atoms with Crippen molar-refractivity contribution in [3.8, 4) is 0 Å². The van der Waals surface area contributed by atoms with E-state index in [0.29, 0.717) is 5.92 Å². The predicted molar refractivity (Wildman–Crippen MR) is 65.4 cm³/mol. The summed E-state index contributed by atoms with van der Waals surface area (Å²) in [4.78, 5) is 4.38. The standard InChI is InChI=1S/C11H19N3OS/c1-8(2)3-10-13-11(15-14-10)7-16-6-9-4-12-5-9/h8-9,12H,3-7H2,1-2H3. The molecule has 1 aromatic heterocycles. The fourth-order valence-corrected chi connectivity index (χ4v) is 2.55. The van der Waals surface area contributed by atoms with E-state index in [9.17, 15) is 0 Å². The van der Waals surface area contributed by atoms with Crippen molar-refractivity contribution in [1.29, 1.82) is 0 Å². The van der Waals surface area contributed by atoms with Gasteiger partial charge in [0.1, 0.15) is 0 Å². The second kappa shape index (κ2) is 5.68. The van der Waals surface area contributed by atoms with Gasteiger partial charge >= 0.3 is 0 Å². The number of rotatable bonds is 6. The summed E-state index contributed by atoms with van der Waals surface area (Å²) in [5.74, 6) is 5.07. The summed E-state index contributed by atoms with van der Waals surface area (Å²) in [6, 6.07) is 0. The Hall–Kier alpha value is -0.550. The summed E-state index contributed by atoms with van der Waals surface area (Å²) in [5.41, 5.74) is 0. The third-order valence-electron chi connectivity index (χ3n) is 2.55. The Morgan fingerprint density at radius 1 is 1.50 bits per heavy atom. The van der Waals surface area contributed by atoms with Crippen molar-refractivity contribution in [1.82, 2.24) is 15.5 Å². The zero-order chi connectivity index (χ0) is 11.4. The lowest BCUT2D eigenvalue weighted by Crippen LogP contribution is -2.43. The van der Waals surface area contributed by atoms with E-state index in [0.717, 1.165) is 42.9 Å².